The van der Waals surface area contributed by atoms with E-state index < -0.39 is 17.9 Å². The van der Waals surface area contributed by atoms with E-state index in [9.17, 15) is 9.59 Å². The van der Waals surface area contributed by atoms with Crippen molar-refractivity contribution in [1.82, 2.24) is 5.32 Å². The van der Waals surface area contributed by atoms with Crippen LogP contribution in [-0.4, -0.2) is 23.0 Å². The van der Waals surface area contributed by atoms with Crippen LogP contribution in [0.15, 0.2) is 21.2 Å². The first-order valence-electron chi connectivity index (χ1n) is 5.24. The van der Waals surface area contributed by atoms with Crippen LogP contribution in [0.4, 0.5) is 0 Å². The molecule has 1 aromatic rings. The third kappa shape index (κ3) is 3.33. The van der Waals surface area contributed by atoms with Crippen LogP contribution in [0.1, 0.15) is 30.8 Å². The molecule has 2 unspecified atom stereocenters. The van der Waals surface area contributed by atoms with Gasteiger partial charge in [-0.25, -0.2) is 4.79 Å². The standard InChI is InChI=1S/C11H14BrNO4/c1-3-6(2)8(11(15)16)13-10(14)9-7(12)4-5-17-9/h4-6,8H,3H2,1-2H3,(H,13,14)(H,15,16). The summed E-state index contributed by atoms with van der Waals surface area (Å²) in [5, 5.41) is 11.5. The minimum Gasteiger partial charge on any atom is -0.480 e. The molecule has 2 atom stereocenters. The molecule has 1 rings (SSSR count). The average Bonchev–Trinajstić information content (AvgIpc) is 2.70. The van der Waals surface area contributed by atoms with Gasteiger partial charge >= 0.3 is 5.97 Å². The Morgan fingerprint density at radius 1 is 1.59 bits per heavy atom. The number of carboxylic acid groups (broad SMARTS) is 1. The van der Waals surface area contributed by atoms with Gasteiger partial charge in [-0.2, -0.15) is 0 Å². The van der Waals surface area contributed by atoms with Gasteiger partial charge in [-0.3, -0.25) is 4.79 Å². The highest BCUT2D eigenvalue weighted by Crippen LogP contribution is 2.18. The second-order valence-corrected chi connectivity index (χ2v) is 4.63. The van der Waals surface area contributed by atoms with Gasteiger partial charge in [-0.05, 0) is 27.9 Å². The maximum Gasteiger partial charge on any atom is 0.326 e. The zero-order valence-corrected chi connectivity index (χ0v) is 11.2. The second-order valence-electron chi connectivity index (χ2n) is 3.77. The zero-order valence-electron chi connectivity index (χ0n) is 9.57. The zero-order chi connectivity index (χ0) is 13.0. The largest absolute Gasteiger partial charge is 0.480 e. The lowest BCUT2D eigenvalue weighted by Gasteiger charge is -2.19. The van der Waals surface area contributed by atoms with Gasteiger partial charge in [0, 0.05) is 0 Å². The topological polar surface area (TPSA) is 79.5 Å². The summed E-state index contributed by atoms with van der Waals surface area (Å²) in [6.45, 7) is 3.64. The molecule has 1 heterocycles. The smallest absolute Gasteiger partial charge is 0.326 e. The summed E-state index contributed by atoms with van der Waals surface area (Å²) >= 11 is 3.15. The predicted molar refractivity (Wildman–Crippen MR) is 64.8 cm³/mol. The maximum atomic E-state index is 11.8. The number of carboxylic acids is 1. The van der Waals surface area contributed by atoms with E-state index in [1.165, 1.54) is 6.26 Å². The van der Waals surface area contributed by atoms with E-state index in [0.29, 0.717) is 10.9 Å². The summed E-state index contributed by atoms with van der Waals surface area (Å²) in [6.07, 6.45) is 2.02. The summed E-state index contributed by atoms with van der Waals surface area (Å²) in [7, 11) is 0. The van der Waals surface area contributed by atoms with Crippen molar-refractivity contribution in [3.8, 4) is 0 Å². The molecule has 0 saturated heterocycles. The number of furan rings is 1. The van der Waals surface area contributed by atoms with Gasteiger partial charge in [0.05, 0.1) is 10.7 Å². The number of carbonyl (C=O) groups excluding carboxylic acids is 1. The summed E-state index contributed by atoms with van der Waals surface area (Å²) in [5.74, 6) is -1.64. The van der Waals surface area contributed by atoms with E-state index in [2.05, 4.69) is 21.2 Å². The molecular weight excluding hydrogens is 290 g/mol. The fourth-order valence-corrected chi connectivity index (χ4v) is 1.73. The van der Waals surface area contributed by atoms with Crippen LogP contribution in [-0.2, 0) is 4.79 Å². The van der Waals surface area contributed by atoms with Gasteiger partial charge in [0.1, 0.15) is 6.04 Å². The third-order valence-electron chi connectivity index (χ3n) is 2.59. The van der Waals surface area contributed by atoms with Crippen LogP contribution in [0.3, 0.4) is 0 Å². The summed E-state index contributed by atoms with van der Waals surface area (Å²) in [4.78, 5) is 22.8. The molecule has 0 bridgehead atoms. The molecule has 0 fully saturated rings. The van der Waals surface area contributed by atoms with E-state index in [0.717, 1.165) is 0 Å². The summed E-state index contributed by atoms with van der Waals surface area (Å²) in [5.41, 5.74) is 0. The Labute approximate surface area is 107 Å². The lowest BCUT2D eigenvalue weighted by molar-refractivity contribution is -0.140. The molecule has 0 aromatic carbocycles. The number of rotatable bonds is 5. The normalized spacial score (nSPS) is 14.1. The number of hydrogen-bond donors (Lipinski definition) is 2. The number of halogens is 1. The molecule has 0 aliphatic heterocycles. The number of carbonyl (C=O) groups is 2. The van der Waals surface area contributed by atoms with Gasteiger partial charge in [-0.15, -0.1) is 0 Å². The van der Waals surface area contributed by atoms with Crippen molar-refractivity contribution in [2.75, 3.05) is 0 Å². The van der Waals surface area contributed by atoms with E-state index in [4.69, 9.17) is 9.52 Å². The van der Waals surface area contributed by atoms with E-state index in [1.807, 2.05) is 6.92 Å². The van der Waals surface area contributed by atoms with Crippen LogP contribution >= 0.6 is 15.9 Å². The molecule has 0 radical (unpaired) electrons. The highest BCUT2D eigenvalue weighted by Gasteiger charge is 2.27. The molecule has 94 valence electrons. The van der Waals surface area contributed by atoms with Crippen LogP contribution in [0.25, 0.3) is 0 Å². The molecule has 0 spiro atoms. The highest BCUT2D eigenvalue weighted by molar-refractivity contribution is 9.10. The van der Waals surface area contributed by atoms with Crippen LogP contribution in [0, 0.1) is 5.92 Å². The Kier molecular flexibility index (Phi) is 4.74. The number of aliphatic carboxylic acids is 1. The summed E-state index contributed by atoms with van der Waals surface area (Å²) < 4.78 is 5.47. The van der Waals surface area contributed by atoms with E-state index >= 15 is 0 Å². The van der Waals surface area contributed by atoms with Gasteiger partial charge in [0.15, 0.2) is 0 Å². The molecule has 17 heavy (non-hydrogen) atoms. The van der Waals surface area contributed by atoms with Crippen molar-refractivity contribution in [3.05, 3.63) is 22.6 Å². The fourth-order valence-electron chi connectivity index (χ4n) is 1.35. The molecule has 1 aromatic heterocycles. The quantitative estimate of drug-likeness (QED) is 0.874. The molecule has 5 nitrogen and oxygen atoms in total. The Balaban J connectivity index is 2.78. The Hall–Kier alpha value is -1.30. The molecule has 2 N–H and O–H groups in total. The van der Waals surface area contributed by atoms with Crippen LogP contribution < -0.4 is 5.32 Å². The number of hydrogen-bond acceptors (Lipinski definition) is 3. The molecular formula is C11H14BrNO4. The number of amides is 1. The van der Waals surface area contributed by atoms with Gasteiger partial charge in [-0.1, -0.05) is 20.3 Å². The van der Waals surface area contributed by atoms with Crippen molar-refractivity contribution >= 4 is 27.8 Å². The van der Waals surface area contributed by atoms with Crippen molar-refractivity contribution in [2.45, 2.75) is 26.3 Å². The first-order chi connectivity index (χ1) is 7.97. The van der Waals surface area contributed by atoms with Crippen molar-refractivity contribution in [1.29, 1.82) is 0 Å². The SMILES string of the molecule is CCC(C)C(NC(=O)c1occc1Br)C(=O)O. The minimum atomic E-state index is -1.05. The molecule has 1 amide bonds. The first-order valence-corrected chi connectivity index (χ1v) is 6.03. The van der Waals surface area contributed by atoms with Crippen molar-refractivity contribution in [3.63, 3.8) is 0 Å². The Bertz CT molecular complexity index is 415. The van der Waals surface area contributed by atoms with Gasteiger partial charge < -0.3 is 14.8 Å². The van der Waals surface area contributed by atoms with Crippen molar-refractivity contribution < 1.29 is 19.1 Å². The molecule has 6 heteroatoms. The predicted octanol–water partition coefficient (Wildman–Crippen LogP) is 2.27. The Morgan fingerprint density at radius 3 is 2.65 bits per heavy atom. The van der Waals surface area contributed by atoms with Crippen LogP contribution in [0.2, 0.25) is 0 Å². The first kappa shape index (κ1) is 13.8. The van der Waals surface area contributed by atoms with E-state index in [1.54, 1.807) is 13.0 Å². The third-order valence-corrected chi connectivity index (χ3v) is 3.21. The monoisotopic (exact) mass is 303 g/mol. The number of nitrogens with one attached hydrogen (secondary N) is 1. The lowest BCUT2D eigenvalue weighted by atomic mass is 9.99. The van der Waals surface area contributed by atoms with Gasteiger partial charge in [0.25, 0.3) is 5.91 Å². The Morgan fingerprint density at radius 2 is 2.24 bits per heavy atom. The average molecular weight is 304 g/mol. The maximum absolute atomic E-state index is 11.8. The fraction of sp³-hybridized carbons (Fsp3) is 0.455. The lowest BCUT2D eigenvalue weighted by Crippen LogP contribution is -2.45. The second kappa shape index (κ2) is 5.86. The van der Waals surface area contributed by atoms with Crippen molar-refractivity contribution in [2.24, 2.45) is 5.92 Å². The van der Waals surface area contributed by atoms with Gasteiger partial charge in [0.2, 0.25) is 5.76 Å². The molecule has 0 aliphatic rings. The minimum absolute atomic E-state index is 0.0829. The van der Waals surface area contributed by atoms with E-state index in [-0.39, 0.29) is 11.7 Å². The highest BCUT2D eigenvalue weighted by atomic mass is 79.9. The molecule has 0 saturated carbocycles. The summed E-state index contributed by atoms with van der Waals surface area (Å²) in [6, 6.07) is 0.665. The van der Waals surface area contributed by atoms with Crippen LogP contribution in [0.5, 0.6) is 0 Å². The molecule has 0 aliphatic carbocycles.